The van der Waals surface area contributed by atoms with E-state index in [-0.39, 0.29) is 43.6 Å². The third kappa shape index (κ3) is 4.43. The van der Waals surface area contributed by atoms with Crippen molar-refractivity contribution < 1.29 is 24.9 Å². The van der Waals surface area contributed by atoms with Gasteiger partial charge in [-0.05, 0) is 66.7 Å². The van der Waals surface area contributed by atoms with Crippen molar-refractivity contribution in [3.05, 3.63) is 69.5 Å². The molecule has 2 aromatic heterocycles. The molecule has 4 N–H and O–H groups in total. The number of benzene rings is 2. The number of rotatable bonds is 8. The van der Waals surface area contributed by atoms with E-state index in [0.29, 0.717) is 43.5 Å². The first-order valence-corrected chi connectivity index (χ1v) is 16.5. The standard InChI is InChI=1S/C36H40N6O5/c1-35(2)16-22-30-26(18-35)41(10-13-44)25-8-7-20(28(32(25)30)33(46)38-37-22)15-36(3)17-23-31-27(19-36)40(9-12-43)24-6-4-5-21(29(24)31)34(47)42(39-23)11-14-45/h4-8,43-45H,9-19H2,1-3H3,(H,38,46). The minimum absolute atomic E-state index is 0.00568. The molecule has 1 unspecified atom stereocenters. The highest BCUT2D eigenvalue weighted by molar-refractivity contribution is 6.22. The zero-order valence-corrected chi connectivity index (χ0v) is 27.1. The molecule has 11 heteroatoms. The van der Waals surface area contributed by atoms with Crippen LogP contribution in [-0.4, -0.2) is 79.1 Å². The average Bonchev–Trinajstić information content (AvgIpc) is 3.39. The number of aliphatic hydroxyl groups excluding tert-OH is 3. The molecule has 47 heavy (non-hydrogen) atoms. The van der Waals surface area contributed by atoms with Crippen LogP contribution in [-0.2, 0) is 32.4 Å². The van der Waals surface area contributed by atoms with E-state index in [9.17, 15) is 24.9 Å². The maximum Gasteiger partial charge on any atom is 0.274 e. The van der Waals surface area contributed by atoms with E-state index in [0.717, 1.165) is 74.1 Å². The Morgan fingerprint density at radius 2 is 1.45 bits per heavy atom. The van der Waals surface area contributed by atoms with Crippen LogP contribution in [0.2, 0.25) is 0 Å². The molecule has 0 saturated heterocycles. The fourth-order valence-corrected chi connectivity index (χ4v) is 8.81. The van der Waals surface area contributed by atoms with Gasteiger partial charge >= 0.3 is 0 Å². The Bertz CT molecular complexity index is 2080. The van der Waals surface area contributed by atoms with E-state index in [2.05, 4.69) is 46.5 Å². The third-order valence-corrected chi connectivity index (χ3v) is 10.5. The Hall–Kier alpha value is -4.32. The van der Waals surface area contributed by atoms with Crippen LogP contribution in [0, 0.1) is 10.8 Å². The summed E-state index contributed by atoms with van der Waals surface area (Å²) in [6.07, 6.45) is 3.33. The molecule has 2 aliphatic heterocycles. The minimum atomic E-state index is -0.401. The fraction of sp³-hybridized carbons (Fsp3) is 0.444. The lowest BCUT2D eigenvalue weighted by Gasteiger charge is -2.36. The van der Waals surface area contributed by atoms with Crippen LogP contribution < -0.4 is 5.43 Å². The number of nitrogens with zero attached hydrogens (tertiary/aromatic N) is 5. The van der Waals surface area contributed by atoms with Crippen LogP contribution in [0.1, 0.15) is 82.4 Å². The zero-order valence-electron chi connectivity index (χ0n) is 27.1. The van der Waals surface area contributed by atoms with Crippen molar-refractivity contribution >= 4 is 45.0 Å². The lowest BCUT2D eigenvalue weighted by molar-refractivity contribution is 0.0729. The van der Waals surface area contributed by atoms with Crippen LogP contribution in [0.15, 0.2) is 40.5 Å². The number of carbonyl (C=O) groups excluding carboxylic acids is 2. The minimum Gasteiger partial charge on any atom is -0.395 e. The Kier molecular flexibility index (Phi) is 6.77. The summed E-state index contributed by atoms with van der Waals surface area (Å²) in [4.78, 5) is 27.6. The highest BCUT2D eigenvalue weighted by Gasteiger charge is 2.43. The van der Waals surface area contributed by atoms with Crippen LogP contribution in [0.3, 0.4) is 0 Å². The van der Waals surface area contributed by atoms with E-state index in [1.54, 1.807) is 0 Å². The molecule has 4 aliphatic rings. The molecule has 0 spiro atoms. The molecule has 0 radical (unpaired) electrons. The molecule has 0 saturated carbocycles. The van der Waals surface area contributed by atoms with Gasteiger partial charge in [0.15, 0.2) is 0 Å². The van der Waals surface area contributed by atoms with Crippen molar-refractivity contribution in [3.8, 4) is 0 Å². The molecule has 4 heterocycles. The predicted molar refractivity (Wildman–Crippen MR) is 179 cm³/mol. The second-order valence-corrected chi connectivity index (χ2v) is 14.6. The normalized spacial score (nSPS) is 21.1. The first kappa shape index (κ1) is 30.0. The van der Waals surface area contributed by atoms with Crippen molar-refractivity contribution in [1.82, 2.24) is 19.6 Å². The number of aliphatic hydroxyl groups is 3. The van der Waals surface area contributed by atoms with Gasteiger partial charge in [-0.25, -0.2) is 10.4 Å². The third-order valence-electron chi connectivity index (χ3n) is 10.5. The molecule has 244 valence electrons. The maximum absolute atomic E-state index is 14.0. The molecule has 8 rings (SSSR count). The van der Waals surface area contributed by atoms with E-state index < -0.39 is 5.41 Å². The molecule has 0 bridgehead atoms. The van der Waals surface area contributed by atoms with Gasteiger partial charge < -0.3 is 24.5 Å². The van der Waals surface area contributed by atoms with E-state index in [1.165, 1.54) is 5.01 Å². The largest absolute Gasteiger partial charge is 0.395 e. The van der Waals surface area contributed by atoms with Crippen LogP contribution in [0.25, 0.3) is 21.8 Å². The fourth-order valence-electron chi connectivity index (χ4n) is 8.81. The van der Waals surface area contributed by atoms with Gasteiger partial charge in [-0.3, -0.25) is 9.59 Å². The molecule has 2 aromatic carbocycles. The maximum atomic E-state index is 14.0. The molecule has 11 nitrogen and oxygen atoms in total. The Balaban J connectivity index is 1.30. The van der Waals surface area contributed by atoms with E-state index in [4.69, 9.17) is 5.10 Å². The van der Waals surface area contributed by atoms with E-state index >= 15 is 0 Å². The zero-order chi connectivity index (χ0) is 32.8. The second kappa shape index (κ2) is 10.6. The van der Waals surface area contributed by atoms with Gasteiger partial charge in [-0.1, -0.05) is 32.9 Å². The Morgan fingerprint density at radius 1 is 0.766 bits per heavy atom. The number of carbonyl (C=O) groups is 2. The lowest BCUT2D eigenvalue weighted by atomic mass is 9.69. The monoisotopic (exact) mass is 636 g/mol. The van der Waals surface area contributed by atoms with Gasteiger partial charge in [0.05, 0.1) is 48.9 Å². The summed E-state index contributed by atoms with van der Waals surface area (Å²) in [6, 6.07) is 9.79. The van der Waals surface area contributed by atoms with E-state index in [1.807, 2.05) is 24.3 Å². The number of hydrazone groups is 2. The lowest BCUT2D eigenvalue weighted by Crippen LogP contribution is -2.35. The number of aromatic nitrogens is 2. The summed E-state index contributed by atoms with van der Waals surface area (Å²) in [7, 11) is 0. The van der Waals surface area contributed by atoms with Gasteiger partial charge in [-0.2, -0.15) is 10.2 Å². The molecule has 2 aliphatic carbocycles. The van der Waals surface area contributed by atoms with Crippen LogP contribution in [0.5, 0.6) is 0 Å². The van der Waals surface area contributed by atoms with Crippen LogP contribution in [0.4, 0.5) is 0 Å². The van der Waals surface area contributed by atoms with Gasteiger partial charge in [-0.15, -0.1) is 0 Å². The first-order chi connectivity index (χ1) is 22.6. The number of amides is 2. The highest BCUT2D eigenvalue weighted by atomic mass is 16.3. The van der Waals surface area contributed by atoms with Crippen molar-refractivity contribution in [2.45, 2.75) is 66.0 Å². The summed E-state index contributed by atoms with van der Waals surface area (Å²) >= 11 is 0. The van der Waals surface area contributed by atoms with Gasteiger partial charge in [0.2, 0.25) is 0 Å². The number of hydrogen-bond donors (Lipinski definition) is 4. The second-order valence-electron chi connectivity index (χ2n) is 14.6. The molecular formula is C36H40N6O5. The summed E-state index contributed by atoms with van der Waals surface area (Å²) in [5.41, 5.74) is 12.1. The van der Waals surface area contributed by atoms with Crippen LogP contribution >= 0.6 is 0 Å². The van der Waals surface area contributed by atoms with Gasteiger partial charge in [0, 0.05) is 57.4 Å². The van der Waals surface area contributed by atoms with Gasteiger partial charge in [0.25, 0.3) is 11.8 Å². The topological polar surface area (TPSA) is 145 Å². The molecule has 0 fully saturated rings. The molecule has 4 aromatic rings. The highest BCUT2D eigenvalue weighted by Crippen LogP contribution is 2.47. The number of β-amino-alcohol motifs (C(OH)–C–C–N with tert-alkyl or cyclic N) is 1. The smallest absolute Gasteiger partial charge is 0.274 e. The summed E-state index contributed by atoms with van der Waals surface area (Å²) in [6.45, 7) is 7.26. The first-order valence-electron chi connectivity index (χ1n) is 16.5. The SMILES string of the molecule is CC1(C)CC2=NNC(=O)c3c(CC4(C)CC5=NN(CCO)C(=O)c6cccc7c6c5c(n7CCO)C4)ccc4c3c2c(n4CCO)C1. The van der Waals surface area contributed by atoms with Crippen molar-refractivity contribution in [1.29, 1.82) is 0 Å². The Morgan fingerprint density at radius 3 is 2.17 bits per heavy atom. The molecule has 2 amide bonds. The van der Waals surface area contributed by atoms with Crippen molar-refractivity contribution in [2.24, 2.45) is 21.0 Å². The quantitative estimate of drug-likeness (QED) is 0.235. The number of hydrogen-bond acceptors (Lipinski definition) is 7. The Labute approximate surface area is 272 Å². The van der Waals surface area contributed by atoms with Crippen molar-refractivity contribution in [2.75, 3.05) is 26.4 Å². The summed E-state index contributed by atoms with van der Waals surface area (Å²) in [5.74, 6) is -0.490. The van der Waals surface area contributed by atoms with Crippen molar-refractivity contribution in [3.63, 3.8) is 0 Å². The molecule has 1 atom stereocenters. The number of nitrogens with one attached hydrogen (secondary N) is 1. The molecular weight excluding hydrogens is 596 g/mol. The predicted octanol–water partition coefficient (Wildman–Crippen LogP) is 3.35. The van der Waals surface area contributed by atoms with Gasteiger partial charge in [0.1, 0.15) is 0 Å². The summed E-state index contributed by atoms with van der Waals surface area (Å²) in [5, 5.41) is 42.6. The average molecular weight is 637 g/mol. The summed E-state index contributed by atoms with van der Waals surface area (Å²) < 4.78 is 4.29.